The monoisotopic (exact) mass is 368 g/mol. The summed E-state index contributed by atoms with van der Waals surface area (Å²) < 4.78 is 7.66. The zero-order valence-corrected chi connectivity index (χ0v) is 16.1. The van der Waals surface area contributed by atoms with E-state index < -0.39 is 0 Å². The molecule has 3 aromatic rings. The Morgan fingerprint density at radius 2 is 2.12 bits per heavy atom. The number of morpholine rings is 1. The Hall–Kier alpha value is -2.02. The Balaban J connectivity index is 1.58. The summed E-state index contributed by atoms with van der Waals surface area (Å²) in [5.41, 5.74) is 3.55. The standard InChI is InChI=1S/C20H24N4OS/c1-15-14-26-20(22-15)16(2)24-7-6-21-19(24)18-5-3-4-17(12-18)13-23-8-10-25-11-9-23/h3-7,12,14,16H,8-11,13H2,1-2H3/t16-/m1/s1. The van der Waals surface area contributed by atoms with Crippen molar-refractivity contribution in [2.75, 3.05) is 26.3 Å². The lowest BCUT2D eigenvalue weighted by molar-refractivity contribution is 0.0342. The number of hydrogen-bond donors (Lipinski definition) is 0. The summed E-state index contributed by atoms with van der Waals surface area (Å²) in [5, 5.41) is 3.22. The molecule has 1 aliphatic heterocycles. The van der Waals surface area contributed by atoms with Gasteiger partial charge in [0.25, 0.3) is 0 Å². The van der Waals surface area contributed by atoms with Gasteiger partial charge < -0.3 is 9.30 Å². The molecule has 0 unspecified atom stereocenters. The molecule has 5 nitrogen and oxygen atoms in total. The van der Waals surface area contributed by atoms with Crippen LogP contribution in [0.25, 0.3) is 11.4 Å². The van der Waals surface area contributed by atoms with Gasteiger partial charge in [-0.15, -0.1) is 11.3 Å². The zero-order chi connectivity index (χ0) is 17.9. The molecule has 2 aromatic heterocycles. The van der Waals surface area contributed by atoms with E-state index in [1.54, 1.807) is 11.3 Å². The van der Waals surface area contributed by atoms with Crippen LogP contribution in [0.4, 0.5) is 0 Å². The molecule has 1 fully saturated rings. The third-order valence-corrected chi connectivity index (χ3v) is 5.91. The molecule has 0 amide bonds. The number of rotatable bonds is 5. The largest absolute Gasteiger partial charge is 0.379 e. The van der Waals surface area contributed by atoms with Gasteiger partial charge >= 0.3 is 0 Å². The molecule has 0 bridgehead atoms. The van der Waals surface area contributed by atoms with Crippen molar-refractivity contribution in [2.45, 2.75) is 26.4 Å². The Kier molecular flexibility index (Phi) is 5.15. The van der Waals surface area contributed by atoms with Gasteiger partial charge in [-0.25, -0.2) is 9.97 Å². The van der Waals surface area contributed by atoms with Crippen molar-refractivity contribution in [1.29, 1.82) is 0 Å². The first-order chi connectivity index (χ1) is 12.7. The second-order valence-corrected chi connectivity index (χ2v) is 7.64. The third kappa shape index (κ3) is 3.72. The van der Waals surface area contributed by atoms with Crippen molar-refractivity contribution < 1.29 is 4.74 Å². The summed E-state index contributed by atoms with van der Waals surface area (Å²) in [6, 6.07) is 8.90. The van der Waals surface area contributed by atoms with Crippen LogP contribution in [-0.2, 0) is 11.3 Å². The molecule has 6 heteroatoms. The Labute approximate surface area is 158 Å². The van der Waals surface area contributed by atoms with Gasteiger partial charge in [0, 0.05) is 48.7 Å². The van der Waals surface area contributed by atoms with E-state index in [1.807, 2.05) is 19.3 Å². The van der Waals surface area contributed by atoms with E-state index in [9.17, 15) is 0 Å². The molecule has 1 aliphatic rings. The van der Waals surface area contributed by atoms with E-state index >= 15 is 0 Å². The fourth-order valence-electron chi connectivity index (χ4n) is 3.36. The highest BCUT2D eigenvalue weighted by molar-refractivity contribution is 7.09. The normalized spacial score (nSPS) is 16.7. The number of thiazole rings is 1. The number of benzene rings is 1. The van der Waals surface area contributed by atoms with Crippen molar-refractivity contribution in [1.82, 2.24) is 19.4 Å². The van der Waals surface area contributed by atoms with E-state index in [0.717, 1.165) is 54.9 Å². The van der Waals surface area contributed by atoms with Gasteiger partial charge in [-0.2, -0.15) is 0 Å². The van der Waals surface area contributed by atoms with E-state index in [2.05, 4.69) is 56.0 Å². The van der Waals surface area contributed by atoms with Crippen LogP contribution in [0.1, 0.15) is 29.2 Å². The first-order valence-corrected chi connectivity index (χ1v) is 9.93. The maximum absolute atomic E-state index is 5.45. The molecule has 0 spiro atoms. The van der Waals surface area contributed by atoms with Crippen LogP contribution in [-0.4, -0.2) is 45.7 Å². The smallest absolute Gasteiger partial charge is 0.140 e. The lowest BCUT2D eigenvalue weighted by Crippen LogP contribution is -2.35. The molecule has 136 valence electrons. The quantitative estimate of drug-likeness (QED) is 0.688. The molecule has 1 atom stereocenters. The maximum atomic E-state index is 5.45. The molecule has 0 radical (unpaired) electrons. The van der Waals surface area contributed by atoms with Crippen molar-refractivity contribution in [3.05, 3.63) is 58.3 Å². The average Bonchev–Trinajstić information content (AvgIpc) is 3.31. The minimum Gasteiger partial charge on any atom is -0.379 e. The van der Waals surface area contributed by atoms with Crippen molar-refractivity contribution in [3.8, 4) is 11.4 Å². The zero-order valence-electron chi connectivity index (χ0n) is 15.3. The van der Waals surface area contributed by atoms with Crippen LogP contribution in [0.5, 0.6) is 0 Å². The Morgan fingerprint density at radius 1 is 1.27 bits per heavy atom. The topological polar surface area (TPSA) is 43.2 Å². The van der Waals surface area contributed by atoms with Crippen LogP contribution in [0.2, 0.25) is 0 Å². The lowest BCUT2D eigenvalue weighted by Gasteiger charge is -2.26. The fourth-order valence-corrected chi connectivity index (χ4v) is 4.21. The molecule has 1 aromatic carbocycles. The second kappa shape index (κ2) is 7.70. The maximum Gasteiger partial charge on any atom is 0.140 e. The summed E-state index contributed by atoms with van der Waals surface area (Å²) in [5.74, 6) is 0.995. The molecule has 0 saturated carbocycles. The molecule has 3 heterocycles. The number of imidazole rings is 1. The average molecular weight is 369 g/mol. The number of hydrogen-bond acceptors (Lipinski definition) is 5. The highest BCUT2D eigenvalue weighted by Gasteiger charge is 2.17. The minimum atomic E-state index is 0.175. The van der Waals surface area contributed by atoms with E-state index in [1.165, 1.54) is 5.56 Å². The number of nitrogens with zero attached hydrogens (tertiary/aromatic N) is 4. The minimum absolute atomic E-state index is 0.175. The summed E-state index contributed by atoms with van der Waals surface area (Å²) in [4.78, 5) is 11.7. The fraction of sp³-hybridized carbons (Fsp3) is 0.400. The predicted octanol–water partition coefficient (Wildman–Crippen LogP) is 3.76. The van der Waals surface area contributed by atoms with Crippen LogP contribution >= 0.6 is 11.3 Å². The summed E-state index contributed by atoms with van der Waals surface area (Å²) in [6.45, 7) is 8.83. The van der Waals surface area contributed by atoms with Crippen LogP contribution in [0.3, 0.4) is 0 Å². The molecular weight excluding hydrogens is 344 g/mol. The molecule has 0 N–H and O–H groups in total. The second-order valence-electron chi connectivity index (χ2n) is 6.75. The lowest BCUT2D eigenvalue weighted by atomic mass is 10.1. The van der Waals surface area contributed by atoms with Crippen molar-refractivity contribution in [3.63, 3.8) is 0 Å². The van der Waals surface area contributed by atoms with E-state index in [-0.39, 0.29) is 6.04 Å². The van der Waals surface area contributed by atoms with Crippen molar-refractivity contribution in [2.24, 2.45) is 0 Å². The van der Waals surface area contributed by atoms with E-state index in [4.69, 9.17) is 4.74 Å². The highest BCUT2D eigenvalue weighted by Crippen LogP contribution is 2.28. The molecule has 0 aliphatic carbocycles. The number of aryl methyl sites for hydroxylation is 1. The summed E-state index contributed by atoms with van der Waals surface area (Å²) >= 11 is 1.71. The van der Waals surface area contributed by atoms with Gasteiger partial charge in [-0.3, -0.25) is 4.90 Å². The third-order valence-electron chi connectivity index (χ3n) is 4.78. The first-order valence-electron chi connectivity index (χ1n) is 9.05. The van der Waals surface area contributed by atoms with Gasteiger partial charge in [0.2, 0.25) is 0 Å². The van der Waals surface area contributed by atoms with Gasteiger partial charge in [0.15, 0.2) is 0 Å². The Bertz CT molecular complexity index is 866. The van der Waals surface area contributed by atoms with E-state index in [0.29, 0.717) is 0 Å². The molecule has 4 rings (SSSR count). The summed E-state index contributed by atoms with van der Waals surface area (Å²) in [7, 11) is 0. The molecule has 26 heavy (non-hydrogen) atoms. The Morgan fingerprint density at radius 3 is 2.88 bits per heavy atom. The van der Waals surface area contributed by atoms with Gasteiger partial charge in [0.05, 0.1) is 19.3 Å². The van der Waals surface area contributed by atoms with Gasteiger partial charge in [0.1, 0.15) is 10.8 Å². The number of aromatic nitrogens is 3. The van der Waals surface area contributed by atoms with Crippen LogP contribution in [0.15, 0.2) is 42.0 Å². The van der Waals surface area contributed by atoms with Gasteiger partial charge in [-0.1, -0.05) is 18.2 Å². The van der Waals surface area contributed by atoms with Crippen LogP contribution < -0.4 is 0 Å². The highest BCUT2D eigenvalue weighted by atomic mass is 32.1. The van der Waals surface area contributed by atoms with Crippen molar-refractivity contribution >= 4 is 11.3 Å². The first kappa shape index (κ1) is 17.4. The molecule has 1 saturated heterocycles. The SMILES string of the molecule is Cc1csc([C@@H](C)n2ccnc2-c2cccc(CN3CCOCC3)c2)n1. The van der Waals surface area contributed by atoms with Crippen LogP contribution in [0, 0.1) is 6.92 Å². The van der Waals surface area contributed by atoms with Gasteiger partial charge in [-0.05, 0) is 25.5 Å². The molecular formula is C20H24N4OS. The number of ether oxygens (including phenoxy) is 1. The predicted molar refractivity (Wildman–Crippen MR) is 104 cm³/mol. The summed E-state index contributed by atoms with van der Waals surface area (Å²) in [6.07, 6.45) is 3.92.